The van der Waals surface area contributed by atoms with Gasteiger partial charge in [-0.05, 0) is 24.6 Å². The molecule has 0 radical (unpaired) electrons. The van der Waals surface area contributed by atoms with Crippen LogP contribution < -0.4 is 10.1 Å². The summed E-state index contributed by atoms with van der Waals surface area (Å²) in [6, 6.07) is 8.02. The van der Waals surface area contributed by atoms with E-state index in [1.807, 2.05) is 31.2 Å². The van der Waals surface area contributed by atoms with Crippen molar-refractivity contribution in [3.63, 3.8) is 0 Å². The molecule has 0 spiro atoms. The van der Waals surface area contributed by atoms with Crippen LogP contribution in [-0.4, -0.2) is 19.8 Å². The van der Waals surface area contributed by atoms with Crippen molar-refractivity contribution in [3.05, 3.63) is 29.8 Å². The first-order chi connectivity index (χ1) is 6.90. The Morgan fingerprint density at radius 1 is 1.57 bits per heavy atom. The number of hydrogen-bond acceptors (Lipinski definition) is 3. The van der Waals surface area contributed by atoms with E-state index in [-0.39, 0.29) is 6.23 Å². The summed E-state index contributed by atoms with van der Waals surface area (Å²) >= 11 is 0. The molecule has 0 bridgehead atoms. The van der Waals surface area contributed by atoms with Gasteiger partial charge in [-0.15, -0.1) is 0 Å². The molecular formula is C11H15NO2. The van der Waals surface area contributed by atoms with Crippen LogP contribution in [0.3, 0.4) is 0 Å². The van der Waals surface area contributed by atoms with Gasteiger partial charge in [0.15, 0.2) is 0 Å². The lowest BCUT2D eigenvalue weighted by Crippen LogP contribution is -2.13. The van der Waals surface area contributed by atoms with Crippen molar-refractivity contribution in [2.24, 2.45) is 0 Å². The van der Waals surface area contributed by atoms with E-state index < -0.39 is 0 Å². The lowest BCUT2D eigenvalue weighted by atomic mass is 10.2. The highest BCUT2D eigenvalue weighted by Crippen LogP contribution is 2.22. The first kappa shape index (κ1) is 9.49. The van der Waals surface area contributed by atoms with Gasteiger partial charge >= 0.3 is 0 Å². The van der Waals surface area contributed by atoms with Crippen LogP contribution in [-0.2, 0) is 4.74 Å². The van der Waals surface area contributed by atoms with Crippen molar-refractivity contribution in [3.8, 4) is 5.75 Å². The summed E-state index contributed by atoms with van der Waals surface area (Å²) in [5.74, 6) is 0.905. The second kappa shape index (κ2) is 4.44. The molecule has 1 saturated heterocycles. The summed E-state index contributed by atoms with van der Waals surface area (Å²) in [5.41, 5.74) is 1.13. The third-order valence-corrected chi connectivity index (χ3v) is 2.19. The average Bonchev–Trinajstić information content (AvgIpc) is 2.71. The van der Waals surface area contributed by atoms with Crippen molar-refractivity contribution >= 4 is 0 Å². The lowest BCUT2D eigenvalue weighted by Gasteiger charge is -2.11. The largest absolute Gasteiger partial charge is 0.494 e. The highest BCUT2D eigenvalue weighted by Gasteiger charge is 2.16. The minimum absolute atomic E-state index is 0.0374. The maximum Gasteiger partial charge on any atom is 0.134 e. The fourth-order valence-electron chi connectivity index (χ4n) is 1.57. The molecule has 1 aliphatic heterocycles. The summed E-state index contributed by atoms with van der Waals surface area (Å²) in [7, 11) is 0. The Morgan fingerprint density at radius 2 is 2.50 bits per heavy atom. The third kappa shape index (κ3) is 2.05. The Kier molecular flexibility index (Phi) is 3.01. The van der Waals surface area contributed by atoms with Gasteiger partial charge in [0.05, 0.1) is 13.2 Å². The molecule has 14 heavy (non-hydrogen) atoms. The topological polar surface area (TPSA) is 30.5 Å². The zero-order valence-electron chi connectivity index (χ0n) is 8.32. The smallest absolute Gasteiger partial charge is 0.134 e. The molecule has 2 rings (SSSR count). The molecule has 3 nitrogen and oxygen atoms in total. The molecule has 1 fully saturated rings. The first-order valence-corrected chi connectivity index (χ1v) is 4.98. The highest BCUT2D eigenvalue weighted by molar-refractivity contribution is 5.30. The van der Waals surface area contributed by atoms with Gasteiger partial charge in [0.1, 0.15) is 12.0 Å². The van der Waals surface area contributed by atoms with Gasteiger partial charge in [-0.1, -0.05) is 12.1 Å². The summed E-state index contributed by atoms with van der Waals surface area (Å²) in [6.07, 6.45) is 0.0374. The molecule has 0 amide bonds. The van der Waals surface area contributed by atoms with Gasteiger partial charge in [0.2, 0.25) is 0 Å². The van der Waals surface area contributed by atoms with Crippen molar-refractivity contribution in [1.82, 2.24) is 5.32 Å². The van der Waals surface area contributed by atoms with Crippen LogP contribution >= 0.6 is 0 Å². The summed E-state index contributed by atoms with van der Waals surface area (Å²) in [5, 5.41) is 3.26. The Labute approximate surface area is 84.0 Å². The van der Waals surface area contributed by atoms with Crippen molar-refractivity contribution < 1.29 is 9.47 Å². The maximum absolute atomic E-state index is 5.51. The van der Waals surface area contributed by atoms with Gasteiger partial charge in [0, 0.05) is 6.54 Å². The predicted octanol–water partition coefficient (Wildman–Crippen LogP) is 1.70. The molecule has 0 aromatic heterocycles. The van der Waals surface area contributed by atoms with Crippen LogP contribution in [0.1, 0.15) is 18.7 Å². The maximum atomic E-state index is 5.51. The molecule has 1 unspecified atom stereocenters. The van der Waals surface area contributed by atoms with Gasteiger partial charge in [0.25, 0.3) is 0 Å². The number of hydrogen-bond donors (Lipinski definition) is 1. The fraction of sp³-hybridized carbons (Fsp3) is 0.455. The van der Waals surface area contributed by atoms with Crippen LogP contribution in [0.2, 0.25) is 0 Å². The van der Waals surface area contributed by atoms with Crippen LogP contribution in [0.5, 0.6) is 5.75 Å². The fourth-order valence-corrected chi connectivity index (χ4v) is 1.57. The van der Waals surface area contributed by atoms with Gasteiger partial charge < -0.3 is 9.47 Å². The van der Waals surface area contributed by atoms with Crippen LogP contribution in [0.15, 0.2) is 24.3 Å². The Hall–Kier alpha value is -1.06. The summed E-state index contributed by atoms with van der Waals surface area (Å²) in [4.78, 5) is 0. The molecule has 1 atom stereocenters. The van der Waals surface area contributed by atoms with E-state index in [4.69, 9.17) is 9.47 Å². The number of benzene rings is 1. The van der Waals surface area contributed by atoms with E-state index >= 15 is 0 Å². The lowest BCUT2D eigenvalue weighted by molar-refractivity contribution is 0.102. The standard InChI is InChI=1S/C11H15NO2/c1-2-13-10-5-3-4-9(8-10)11-12-6-7-14-11/h3-5,8,11-12H,2,6-7H2,1H3. The molecule has 1 aromatic carbocycles. The first-order valence-electron chi connectivity index (χ1n) is 4.98. The number of nitrogens with one attached hydrogen (secondary N) is 1. The second-order valence-corrected chi connectivity index (χ2v) is 3.21. The molecule has 1 N–H and O–H groups in total. The number of ether oxygens (including phenoxy) is 2. The summed E-state index contributed by atoms with van der Waals surface area (Å²) < 4.78 is 10.9. The normalized spacial score (nSPS) is 21.1. The highest BCUT2D eigenvalue weighted by atomic mass is 16.5. The molecule has 0 aliphatic carbocycles. The van der Waals surface area contributed by atoms with Gasteiger partial charge in [-0.25, -0.2) is 0 Å². The van der Waals surface area contributed by atoms with Gasteiger partial charge in [-0.2, -0.15) is 0 Å². The summed E-state index contributed by atoms with van der Waals surface area (Å²) in [6.45, 7) is 4.38. The minimum atomic E-state index is 0.0374. The third-order valence-electron chi connectivity index (χ3n) is 2.19. The van der Waals surface area contributed by atoms with Crippen LogP contribution in [0.25, 0.3) is 0 Å². The molecule has 3 heteroatoms. The van der Waals surface area contributed by atoms with Crippen molar-refractivity contribution in [2.45, 2.75) is 13.2 Å². The van der Waals surface area contributed by atoms with E-state index in [0.717, 1.165) is 24.5 Å². The van der Waals surface area contributed by atoms with E-state index in [0.29, 0.717) is 6.61 Å². The molecule has 76 valence electrons. The van der Waals surface area contributed by atoms with E-state index in [1.54, 1.807) is 0 Å². The monoisotopic (exact) mass is 193 g/mol. The SMILES string of the molecule is CCOc1cccc(C2NCCO2)c1. The second-order valence-electron chi connectivity index (χ2n) is 3.21. The Balaban J connectivity index is 2.12. The quantitative estimate of drug-likeness (QED) is 0.792. The molecular weight excluding hydrogens is 178 g/mol. The van der Waals surface area contributed by atoms with E-state index in [9.17, 15) is 0 Å². The van der Waals surface area contributed by atoms with Crippen molar-refractivity contribution in [2.75, 3.05) is 19.8 Å². The predicted molar refractivity (Wildman–Crippen MR) is 54.3 cm³/mol. The van der Waals surface area contributed by atoms with Crippen molar-refractivity contribution in [1.29, 1.82) is 0 Å². The minimum Gasteiger partial charge on any atom is -0.494 e. The zero-order valence-corrected chi connectivity index (χ0v) is 8.32. The van der Waals surface area contributed by atoms with Crippen LogP contribution in [0.4, 0.5) is 0 Å². The average molecular weight is 193 g/mol. The van der Waals surface area contributed by atoms with Gasteiger partial charge in [-0.3, -0.25) is 5.32 Å². The van der Waals surface area contributed by atoms with E-state index in [1.165, 1.54) is 0 Å². The molecule has 1 aliphatic rings. The van der Waals surface area contributed by atoms with E-state index in [2.05, 4.69) is 5.32 Å². The molecule has 0 saturated carbocycles. The zero-order chi connectivity index (χ0) is 9.80. The Morgan fingerprint density at radius 3 is 3.21 bits per heavy atom. The molecule has 1 heterocycles. The number of rotatable bonds is 3. The Bertz CT molecular complexity index is 295. The molecule has 1 aromatic rings. The van der Waals surface area contributed by atoms with Crippen LogP contribution in [0, 0.1) is 0 Å².